The molecule has 0 spiro atoms. The van der Waals surface area contributed by atoms with E-state index in [0.29, 0.717) is 11.5 Å². The number of hydrogen-bond acceptors (Lipinski definition) is 4. The maximum Gasteiger partial charge on any atom is 0.410 e. The first-order chi connectivity index (χ1) is 15.0. The van der Waals surface area contributed by atoms with E-state index in [-0.39, 0.29) is 11.8 Å². The van der Waals surface area contributed by atoms with E-state index in [9.17, 15) is 5.26 Å². The van der Waals surface area contributed by atoms with Gasteiger partial charge in [0.05, 0.1) is 25.1 Å². The van der Waals surface area contributed by atoms with Gasteiger partial charge in [0.1, 0.15) is 23.0 Å². The molecule has 0 fully saturated rings. The molecular formula is C24H24N5O2+. The van der Waals surface area contributed by atoms with E-state index in [0.717, 1.165) is 28.3 Å². The molecule has 2 heterocycles. The molecule has 1 atom stereocenters. The van der Waals surface area contributed by atoms with Gasteiger partial charge in [-0.2, -0.15) is 10.4 Å². The molecule has 1 aliphatic rings. The molecule has 2 aromatic carbocycles. The van der Waals surface area contributed by atoms with Gasteiger partial charge in [0.25, 0.3) is 0 Å². The van der Waals surface area contributed by atoms with Crippen LogP contribution in [0.15, 0.2) is 71.0 Å². The van der Waals surface area contributed by atoms with Crippen molar-refractivity contribution in [3.05, 3.63) is 82.9 Å². The van der Waals surface area contributed by atoms with Gasteiger partial charge in [-0.05, 0) is 29.3 Å². The highest BCUT2D eigenvalue weighted by molar-refractivity contribution is 5.60. The van der Waals surface area contributed by atoms with Crippen molar-refractivity contribution in [1.82, 2.24) is 10.00 Å². The van der Waals surface area contributed by atoms with Gasteiger partial charge < -0.3 is 14.4 Å². The van der Waals surface area contributed by atoms with Crippen LogP contribution >= 0.6 is 0 Å². The first kappa shape index (κ1) is 20.2. The Bertz CT molecular complexity index is 1190. The highest BCUT2D eigenvalue weighted by Crippen LogP contribution is 2.43. The summed E-state index contributed by atoms with van der Waals surface area (Å²) in [6, 6.07) is 20.0. The summed E-state index contributed by atoms with van der Waals surface area (Å²) < 4.78 is 13.4. The van der Waals surface area contributed by atoms with Crippen molar-refractivity contribution >= 4 is 6.34 Å². The second-order valence-electron chi connectivity index (χ2n) is 7.47. The molecule has 7 nitrogen and oxygen atoms in total. The molecule has 1 aliphatic heterocycles. The van der Waals surface area contributed by atoms with E-state index in [4.69, 9.17) is 9.47 Å². The molecule has 1 aromatic heterocycles. The predicted molar refractivity (Wildman–Crippen MR) is 117 cm³/mol. The minimum absolute atomic E-state index is 0.285. The molecule has 0 radical (unpaired) electrons. The number of methoxy groups -OCH3 is 1. The number of para-hydroxylation sites is 1. The average Bonchev–Trinajstić information content (AvgIpc) is 3.13. The largest absolute Gasteiger partial charge is 0.497 e. The van der Waals surface area contributed by atoms with Crippen LogP contribution in [0.1, 0.15) is 22.7 Å². The predicted octanol–water partition coefficient (Wildman–Crippen LogP) is 3.46. The topological polar surface area (TPSA) is 77.5 Å². The van der Waals surface area contributed by atoms with Crippen molar-refractivity contribution in [2.45, 2.75) is 12.8 Å². The lowest BCUT2D eigenvalue weighted by molar-refractivity contribution is -0.661. The lowest BCUT2D eigenvalue weighted by Crippen LogP contribution is -2.35. The first-order valence-corrected chi connectivity index (χ1v) is 9.90. The number of aromatic nitrogens is 2. The van der Waals surface area contributed by atoms with Crippen LogP contribution in [0.2, 0.25) is 0 Å². The molecule has 4 rings (SSSR count). The van der Waals surface area contributed by atoms with Gasteiger partial charge in [-0.25, -0.2) is 4.99 Å². The van der Waals surface area contributed by atoms with Crippen LogP contribution in [-0.4, -0.2) is 37.5 Å². The Morgan fingerprint density at radius 1 is 1.16 bits per heavy atom. The van der Waals surface area contributed by atoms with Gasteiger partial charge in [0, 0.05) is 26.2 Å². The van der Waals surface area contributed by atoms with E-state index in [1.54, 1.807) is 18.3 Å². The van der Waals surface area contributed by atoms with Crippen LogP contribution in [0.4, 0.5) is 0 Å². The summed E-state index contributed by atoms with van der Waals surface area (Å²) in [6.07, 6.45) is 1.63. The number of benzene rings is 2. The third-order valence-electron chi connectivity index (χ3n) is 5.11. The van der Waals surface area contributed by atoms with E-state index >= 15 is 0 Å². The summed E-state index contributed by atoms with van der Waals surface area (Å²) in [5.41, 5.74) is 4.17. The molecule has 0 bridgehead atoms. The number of nitrogens with one attached hydrogen (secondary N) is 1. The molecular weight excluding hydrogens is 390 g/mol. The van der Waals surface area contributed by atoms with E-state index in [2.05, 4.69) is 16.2 Å². The van der Waals surface area contributed by atoms with Crippen LogP contribution in [-0.2, 0) is 0 Å². The third-order valence-corrected chi connectivity index (χ3v) is 5.11. The number of ether oxygens (including phenoxy) is 2. The SMILES string of the molecule is COc1ccc(C2C(C#N)=C(N=CN(C)C)Oc3c2c(C)[nH][n+]3-c2ccccc2)cc1. The Morgan fingerprint density at radius 2 is 1.87 bits per heavy atom. The molecule has 31 heavy (non-hydrogen) atoms. The molecule has 156 valence electrons. The summed E-state index contributed by atoms with van der Waals surface area (Å²) in [5, 5.41) is 13.5. The monoisotopic (exact) mass is 414 g/mol. The van der Waals surface area contributed by atoms with E-state index in [1.165, 1.54) is 0 Å². The van der Waals surface area contributed by atoms with Crippen molar-refractivity contribution in [2.24, 2.45) is 4.99 Å². The van der Waals surface area contributed by atoms with Crippen molar-refractivity contribution in [1.29, 1.82) is 5.26 Å². The number of fused-ring (bicyclic) bond motifs is 1. The Balaban J connectivity index is 1.95. The van der Waals surface area contributed by atoms with Crippen LogP contribution < -0.4 is 14.2 Å². The maximum absolute atomic E-state index is 10.1. The molecule has 3 aromatic rings. The summed E-state index contributed by atoms with van der Waals surface area (Å²) in [4.78, 5) is 6.27. The molecule has 0 amide bonds. The zero-order chi connectivity index (χ0) is 22.0. The highest BCUT2D eigenvalue weighted by Gasteiger charge is 2.41. The molecule has 1 unspecified atom stereocenters. The quantitative estimate of drug-likeness (QED) is 0.394. The van der Waals surface area contributed by atoms with E-state index in [1.807, 2.05) is 80.3 Å². The van der Waals surface area contributed by atoms with E-state index < -0.39 is 0 Å². The zero-order valence-corrected chi connectivity index (χ0v) is 18.0. The smallest absolute Gasteiger partial charge is 0.410 e. The first-order valence-electron chi connectivity index (χ1n) is 9.90. The minimum Gasteiger partial charge on any atom is -0.497 e. The number of nitrogens with zero attached hydrogens (tertiary/aromatic N) is 4. The van der Waals surface area contributed by atoms with Crippen LogP contribution in [0.25, 0.3) is 5.69 Å². The summed E-state index contributed by atoms with van der Waals surface area (Å²) in [7, 11) is 5.38. The summed E-state index contributed by atoms with van der Waals surface area (Å²) in [6.45, 7) is 1.99. The second kappa shape index (κ2) is 8.36. The molecule has 1 N–H and O–H groups in total. The number of rotatable bonds is 5. The van der Waals surface area contributed by atoms with Gasteiger partial charge >= 0.3 is 5.88 Å². The third kappa shape index (κ3) is 3.76. The second-order valence-corrected chi connectivity index (χ2v) is 7.47. The standard InChI is InChI=1S/C24H23N5O2/c1-16-21-22(17-10-12-19(30-4)13-11-17)20(14-25)23(26-15-28(2)3)31-24(21)29(27-16)18-8-6-5-7-9-18/h5-13,15,22H,1-4H3/p+1. The Kier molecular flexibility index (Phi) is 5.46. The average molecular weight is 414 g/mol. The van der Waals surface area contributed by atoms with Gasteiger partial charge in [-0.15, -0.1) is 0 Å². The van der Waals surface area contributed by atoms with Gasteiger partial charge in [-0.1, -0.05) is 30.3 Å². The minimum atomic E-state index is -0.324. The van der Waals surface area contributed by atoms with Gasteiger partial charge in [0.15, 0.2) is 0 Å². The number of hydrogen-bond donors (Lipinski definition) is 1. The molecule has 0 aliphatic carbocycles. The number of aromatic amines is 1. The number of allylic oxidation sites excluding steroid dienone is 1. The lowest BCUT2D eigenvalue weighted by atomic mass is 9.84. The number of H-pyrrole nitrogens is 1. The number of aryl methyl sites for hydroxylation is 1. The fourth-order valence-corrected chi connectivity index (χ4v) is 3.68. The number of aliphatic imine (C=N–C) groups is 1. The van der Waals surface area contributed by atoms with Crippen LogP contribution in [0.5, 0.6) is 11.6 Å². The highest BCUT2D eigenvalue weighted by atomic mass is 16.5. The molecule has 7 heteroatoms. The van der Waals surface area contributed by atoms with Crippen molar-refractivity contribution in [3.8, 4) is 23.4 Å². The Hall–Kier alpha value is -4.05. The maximum atomic E-state index is 10.1. The zero-order valence-electron chi connectivity index (χ0n) is 18.0. The summed E-state index contributed by atoms with van der Waals surface area (Å²) in [5.74, 6) is 1.34. The van der Waals surface area contributed by atoms with Crippen molar-refractivity contribution in [3.63, 3.8) is 0 Å². The Morgan fingerprint density at radius 3 is 2.48 bits per heavy atom. The molecule has 0 saturated heterocycles. The fourth-order valence-electron chi connectivity index (χ4n) is 3.68. The summed E-state index contributed by atoms with van der Waals surface area (Å²) >= 11 is 0. The van der Waals surface area contributed by atoms with Crippen LogP contribution in [0.3, 0.4) is 0 Å². The number of nitriles is 1. The van der Waals surface area contributed by atoms with Gasteiger partial charge in [-0.3, -0.25) is 0 Å². The van der Waals surface area contributed by atoms with Gasteiger partial charge in [0.2, 0.25) is 11.6 Å². The van der Waals surface area contributed by atoms with Crippen LogP contribution in [0, 0.1) is 18.3 Å². The normalized spacial score (nSPS) is 15.4. The Labute approximate surface area is 181 Å². The van der Waals surface area contributed by atoms with Crippen molar-refractivity contribution in [2.75, 3.05) is 21.2 Å². The van der Waals surface area contributed by atoms with Crippen molar-refractivity contribution < 1.29 is 14.2 Å². The lowest BCUT2D eigenvalue weighted by Gasteiger charge is -2.22. The fraction of sp³-hybridized carbons (Fsp3) is 0.208. The molecule has 0 saturated carbocycles.